The van der Waals surface area contributed by atoms with Crippen molar-refractivity contribution < 1.29 is 18.0 Å². The molecular formula is C28H29Cl4N3O4S. The first kappa shape index (κ1) is 32.0. The van der Waals surface area contributed by atoms with Crippen molar-refractivity contribution in [3.8, 4) is 0 Å². The molecule has 0 bridgehead atoms. The van der Waals surface area contributed by atoms with Gasteiger partial charge in [0.25, 0.3) is 10.0 Å². The topological polar surface area (TPSA) is 86.8 Å². The van der Waals surface area contributed by atoms with E-state index >= 15 is 0 Å². The van der Waals surface area contributed by atoms with Crippen LogP contribution in [0.1, 0.15) is 32.8 Å². The van der Waals surface area contributed by atoms with Crippen LogP contribution in [0.15, 0.2) is 71.6 Å². The number of halogens is 4. The lowest BCUT2D eigenvalue weighted by atomic mass is 10.1. The average Bonchev–Trinajstić information content (AvgIpc) is 2.92. The minimum absolute atomic E-state index is 0.0294. The second-order valence-corrected chi connectivity index (χ2v) is 12.7. The summed E-state index contributed by atoms with van der Waals surface area (Å²) in [4.78, 5) is 28.3. The fraction of sp³-hybridized carbons (Fsp3) is 0.286. The standard InChI is InChI=1S/C28H29Cl4N3O4S/c1-4-18(2)33-28(37)19(3)34(16-20-10-12-23(30)24(31)14-20)27(36)17-35(26-13-11-21(29)15-25(26)32)40(38,39)22-8-6-5-7-9-22/h5-15,18-19H,4,16-17H2,1-3H3,(H,33,37)/t18-,19+/m0/s1. The second-order valence-electron chi connectivity index (χ2n) is 9.18. The van der Waals surface area contributed by atoms with E-state index < -0.39 is 28.5 Å². The summed E-state index contributed by atoms with van der Waals surface area (Å²) in [5.41, 5.74) is 0.669. The Hall–Kier alpha value is -2.49. The van der Waals surface area contributed by atoms with Crippen molar-refractivity contribution >= 4 is 73.9 Å². The molecular weight excluding hydrogens is 616 g/mol. The molecule has 0 heterocycles. The molecule has 0 saturated heterocycles. The lowest BCUT2D eigenvalue weighted by Gasteiger charge is -2.32. The van der Waals surface area contributed by atoms with Gasteiger partial charge in [-0.25, -0.2) is 8.42 Å². The van der Waals surface area contributed by atoms with E-state index in [4.69, 9.17) is 46.4 Å². The smallest absolute Gasteiger partial charge is 0.264 e. The Morgan fingerprint density at radius 1 is 0.875 bits per heavy atom. The van der Waals surface area contributed by atoms with Gasteiger partial charge in [0.05, 0.1) is 25.7 Å². The first-order valence-corrected chi connectivity index (χ1v) is 15.4. The molecule has 3 aromatic carbocycles. The summed E-state index contributed by atoms with van der Waals surface area (Å²) in [6.45, 7) is 4.69. The molecule has 214 valence electrons. The van der Waals surface area contributed by atoms with Crippen LogP contribution < -0.4 is 9.62 Å². The molecule has 0 saturated carbocycles. The quantitative estimate of drug-likeness (QED) is 0.248. The van der Waals surface area contributed by atoms with E-state index in [9.17, 15) is 18.0 Å². The molecule has 7 nitrogen and oxygen atoms in total. The van der Waals surface area contributed by atoms with E-state index in [2.05, 4.69) is 5.32 Å². The molecule has 12 heteroatoms. The molecule has 0 aliphatic rings. The van der Waals surface area contributed by atoms with Crippen molar-refractivity contribution in [1.82, 2.24) is 10.2 Å². The first-order chi connectivity index (χ1) is 18.8. The van der Waals surface area contributed by atoms with Crippen molar-refractivity contribution in [3.63, 3.8) is 0 Å². The van der Waals surface area contributed by atoms with Gasteiger partial charge in [-0.2, -0.15) is 0 Å². The molecule has 40 heavy (non-hydrogen) atoms. The lowest BCUT2D eigenvalue weighted by molar-refractivity contribution is -0.139. The van der Waals surface area contributed by atoms with Gasteiger partial charge >= 0.3 is 0 Å². The third kappa shape index (κ3) is 7.83. The normalized spacial score (nSPS) is 12.9. The van der Waals surface area contributed by atoms with Gasteiger partial charge < -0.3 is 10.2 Å². The summed E-state index contributed by atoms with van der Waals surface area (Å²) in [5, 5.41) is 3.84. The number of anilines is 1. The molecule has 0 unspecified atom stereocenters. The third-order valence-electron chi connectivity index (χ3n) is 6.29. The second kappa shape index (κ2) is 13.9. The largest absolute Gasteiger partial charge is 0.352 e. The molecule has 0 fully saturated rings. The summed E-state index contributed by atoms with van der Waals surface area (Å²) >= 11 is 24.7. The number of hydrogen-bond acceptors (Lipinski definition) is 4. The van der Waals surface area contributed by atoms with Gasteiger partial charge in [-0.3, -0.25) is 13.9 Å². The molecule has 2 atom stereocenters. The van der Waals surface area contributed by atoms with Crippen LogP contribution in [-0.4, -0.2) is 43.8 Å². The van der Waals surface area contributed by atoms with Crippen LogP contribution in [0.25, 0.3) is 0 Å². The summed E-state index contributed by atoms with van der Waals surface area (Å²) in [7, 11) is -4.25. The minimum atomic E-state index is -4.25. The zero-order valence-electron chi connectivity index (χ0n) is 22.1. The number of hydrogen-bond donors (Lipinski definition) is 1. The predicted octanol–water partition coefficient (Wildman–Crippen LogP) is 6.83. The number of sulfonamides is 1. The Labute approximate surface area is 255 Å². The Morgan fingerprint density at radius 3 is 2.15 bits per heavy atom. The highest BCUT2D eigenvalue weighted by atomic mass is 35.5. The fourth-order valence-electron chi connectivity index (χ4n) is 3.80. The number of benzene rings is 3. The van der Waals surface area contributed by atoms with E-state index in [-0.39, 0.29) is 39.1 Å². The number of rotatable bonds is 11. The highest BCUT2D eigenvalue weighted by Gasteiger charge is 2.33. The Morgan fingerprint density at radius 2 is 1.55 bits per heavy atom. The fourth-order valence-corrected chi connectivity index (χ4v) is 6.13. The zero-order valence-corrected chi connectivity index (χ0v) is 25.9. The van der Waals surface area contributed by atoms with Gasteiger partial charge in [0, 0.05) is 17.6 Å². The van der Waals surface area contributed by atoms with Crippen LogP contribution in [0, 0.1) is 0 Å². The highest BCUT2D eigenvalue weighted by Crippen LogP contribution is 2.33. The van der Waals surface area contributed by atoms with Gasteiger partial charge in [-0.15, -0.1) is 0 Å². The Kier molecular flexibility index (Phi) is 11.1. The summed E-state index contributed by atoms with van der Waals surface area (Å²) in [5.74, 6) is -1.02. The van der Waals surface area contributed by atoms with Gasteiger partial charge in [-0.05, 0) is 68.3 Å². The van der Waals surface area contributed by atoms with Crippen LogP contribution in [0.5, 0.6) is 0 Å². The van der Waals surface area contributed by atoms with Crippen LogP contribution in [0.2, 0.25) is 20.1 Å². The molecule has 1 N–H and O–H groups in total. The average molecular weight is 645 g/mol. The zero-order chi connectivity index (χ0) is 29.6. The maximum absolute atomic E-state index is 14.0. The molecule has 2 amide bonds. The van der Waals surface area contributed by atoms with Crippen LogP contribution in [0.4, 0.5) is 5.69 Å². The van der Waals surface area contributed by atoms with E-state index in [1.165, 1.54) is 35.2 Å². The van der Waals surface area contributed by atoms with E-state index in [0.717, 1.165) is 4.31 Å². The Balaban J connectivity index is 2.06. The van der Waals surface area contributed by atoms with Crippen LogP contribution in [0.3, 0.4) is 0 Å². The number of amides is 2. The molecule has 0 aliphatic carbocycles. The van der Waals surface area contributed by atoms with Crippen molar-refractivity contribution in [2.24, 2.45) is 0 Å². The van der Waals surface area contributed by atoms with Crippen LogP contribution >= 0.6 is 46.4 Å². The maximum Gasteiger partial charge on any atom is 0.264 e. The number of nitrogens with one attached hydrogen (secondary N) is 1. The highest BCUT2D eigenvalue weighted by molar-refractivity contribution is 7.92. The van der Waals surface area contributed by atoms with Gasteiger partial charge in [-0.1, -0.05) is 77.6 Å². The van der Waals surface area contributed by atoms with Crippen LogP contribution in [-0.2, 0) is 26.2 Å². The molecule has 3 rings (SSSR count). The van der Waals surface area contributed by atoms with Gasteiger partial charge in [0.15, 0.2) is 0 Å². The van der Waals surface area contributed by atoms with Crippen molar-refractivity contribution in [3.05, 3.63) is 92.4 Å². The van der Waals surface area contributed by atoms with Gasteiger partial charge in [0.2, 0.25) is 11.8 Å². The maximum atomic E-state index is 14.0. The Bertz CT molecular complexity index is 1470. The summed E-state index contributed by atoms with van der Waals surface area (Å²) in [6.07, 6.45) is 0.692. The van der Waals surface area contributed by atoms with Crippen molar-refractivity contribution in [2.75, 3.05) is 10.8 Å². The van der Waals surface area contributed by atoms with Crippen molar-refractivity contribution in [2.45, 2.75) is 50.7 Å². The number of nitrogens with zero attached hydrogens (tertiary/aromatic N) is 2. The SMILES string of the molecule is CC[C@H](C)NC(=O)[C@@H](C)N(Cc1ccc(Cl)c(Cl)c1)C(=O)CN(c1ccc(Cl)cc1Cl)S(=O)(=O)c1ccccc1. The number of carbonyl (C=O) groups excluding carboxylic acids is 2. The molecule has 0 aliphatic heterocycles. The molecule has 0 aromatic heterocycles. The third-order valence-corrected chi connectivity index (χ3v) is 9.34. The predicted molar refractivity (Wildman–Crippen MR) is 162 cm³/mol. The molecule has 0 spiro atoms. The molecule has 0 radical (unpaired) electrons. The number of carbonyl (C=O) groups is 2. The lowest BCUT2D eigenvalue weighted by Crippen LogP contribution is -2.52. The first-order valence-electron chi connectivity index (χ1n) is 12.4. The van der Waals surface area contributed by atoms with Crippen molar-refractivity contribution in [1.29, 1.82) is 0 Å². The summed E-state index contributed by atoms with van der Waals surface area (Å²) in [6, 6.07) is 15.8. The molecule has 3 aromatic rings. The minimum Gasteiger partial charge on any atom is -0.352 e. The summed E-state index contributed by atoms with van der Waals surface area (Å²) < 4.78 is 28.5. The van der Waals surface area contributed by atoms with E-state index in [0.29, 0.717) is 22.0 Å². The van der Waals surface area contributed by atoms with E-state index in [1.807, 2.05) is 13.8 Å². The van der Waals surface area contributed by atoms with E-state index in [1.54, 1.807) is 43.3 Å². The van der Waals surface area contributed by atoms with Gasteiger partial charge in [0.1, 0.15) is 12.6 Å². The monoisotopic (exact) mass is 643 g/mol.